The van der Waals surface area contributed by atoms with Gasteiger partial charge in [-0.2, -0.15) is 0 Å². The molecule has 288 valence electrons. The van der Waals surface area contributed by atoms with Gasteiger partial charge in [0.1, 0.15) is 51.7 Å². The van der Waals surface area contributed by atoms with Crippen LogP contribution in [0.3, 0.4) is 0 Å². The van der Waals surface area contributed by atoms with Crippen LogP contribution in [-0.4, -0.2) is 76.5 Å². The van der Waals surface area contributed by atoms with Crippen molar-refractivity contribution in [2.45, 2.75) is 88.4 Å². The van der Waals surface area contributed by atoms with Crippen LogP contribution in [0.5, 0.6) is 11.5 Å². The van der Waals surface area contributed by atoms with Crippen molar-refractivity contribution in [2.24, 2.45) is 11.8 Å². The predicted molar refractivity (Wildman–Crippen MR) is 209 cm³/mol. The first-order valence-corrected chi connectivity index (χ1v) is 20.2. The number of nitrogens with one attached hydrogen (secondary N) is 3. The lowest BCUT2D eigenvalue weighted by Gasteiger charge is -2.30. The van der Waals surface area contributed by atoms with Gasteiger partial charge in [-0.25, -0.2) is 14.4 Å². The summed E-state index contributed by atoms with van der Waals surface area (Å²) in [6.45, 7) is 2.69. The Labute approximate surface area is 324 Å². The van der Waals surface area contributed by atoms with Gasteiger partial charge in [0.15, 0.2) is 0 Å². The maximum Gasteiger partial charge on any atom is 0.246 e. The summed E-state index contributed by atoms with van der Waals surface area (Å²) in [4.78, 5) is 54.1. The monoisotopic (exact) mass is 766 g/mol. The van der Waals surface area contributed by atoms with Gasteiger partial charge in [-0.05, 0) is 87.8 Å². The van der Waals surface area contributed by atoms with Gasteiger partial charge in [-0.15, -0.1) is 11.3 Å². The molecule has 3 amide bonds. The quantitative estimate of drug-likeness (QED) is 0.163. The first-order valence-electron chi connectivity index (χ1n) is 19.4. The molecule has 0 bridgehead atoms. The topological polar surface area (TPSA) is 135 Å². The fraction of sp³-hybridized carbons (Fsp3) is 0.452. The summed E-state index contributed by atoms with van der Waals surface area (Å²) in [5.41, 5.74) is 1.75. The number of allylic oxidation sites excluding steroid dienone is 1. The first-order chi connectivity index (χ1) is 26.7. The molecular formula is C42H47FN6O5S. The molecule has 2 aromatic carbocycles. The summed E-state index contributed by atoms with van der Waals surface area (Å²) in [5.74, 6) is 0.455. The van der Waals surface area contributed by atoms with Crippen LogP contribution in [0.1, 0.15) is 63.4 Å². The Balaban J connectivity index is 1.13. The lowest BCUT2D eigenvalue weighted by molar-refractivity contribution is -0.140. The zero-order valence-electron chi connectivity index (χ0n) is 31.2. The fourth-order valence-electron chi connectivity index (χ4n) is 7.97. The summed E-state index contributed by atoms with van der Waals surface area (Å²) in [7, 11) is 1.62. The minimum atomic E-state index is -1.07. The van der Waals surface area contributed by atoms with Crippen LogP contribution >= 0.6 is 11.3 Å². The number of carbonyl (C=O) groups excluding carboxylic acids is 3. The summed E-state index contributed by atoms with van der Waals surface area (Å²) in [5, 5.41) is 13.0. The van der Waals surface area contributed by atoms with Gasteiger partial charge in [0.2, 0.25) is 17.7 Å². The highest BCUT2D eigenvalue weighted by Gasteiger charge is 2.61. The average molecular weight is 767 g/mol. The van der Waals surface area contributed by atoms with Gasteiger partial charge in [-0.3, -0.25) is 14.4 Å². The molecule has 4 aromatic rings. The number of thiazole rings is 1. The Kier molecular flexibility index (Phi) is 10.5. The van der Waals surface area contributed by atoms with E-state index in [1.165, 1.54) is 23.5 Å². The minimum absolute atomic E-state index is 0.126. The van der Waals surface area contributed by atoms with Crippen molar-refractivity contribution >= 4 is 45.6 Å². The predicted octanol–water partition coefficient (Wildman–Crippen LogP) is 6.56. The second-order valence-corrected chi connectivity index (χ2v) is 16.2. The van der Waals surface area contributed by atoms with Crippen molar-refractivity contribution in [3.05, 3.63) is 77.6 Å². The van der Waals surface area contributed by atoms with E-state index in [4.69, 9.17) is 14.5 Å². The number of hydrogen-bond donors (Lipinski definition) is 3. The largest absolute Gasteiger partial charge is 0.496 e. The molecule has 2 saturated carbocycles. The third kappa shape index (κ3) is 7.89. The highest BCUT2D eigenvalue weighted by Crippen LogP contribution is 2.46. The lowest BCUT2D eigenvalue weighted by atomic mass is 10.0. The van der Waals surface area contributed by atoms with Crippen molar-refractivity contribution in [1.82, 2.24) is 25.5 Å². The van der Waals surface area contributed by atoms with Gasteiger partial charge in [0, 0.05) is 53.2 Å². The van der Waals surface area contributed by atoms with Crippen LogP contribution in [0.25, 0.3) is 21.6 Å². The number of benzene rings is 2. The van der Waals surface area contributed by atoms with Crippen molar-refractivity contribution in [1.29, 1.82) is 0 Å². The number of hydrogen-bond acceptors (Lipinski definition) is 9. The number of rotatable bonds is 9. The number of pyridine rings is 1. The number of amides is 3. The SMILES string of the molecule is COc1ccc2c(O[C@@H]3C[C@H]4C(=O)N[C@]5(C(=O)NCC6CC6)C[C@H]5/C=C\CCCCC[C@H](Nc5ccc(F)cc5)C(=O)N4C3)cc(-c3nccs3)nc2c1C. The fourth-order valence-corrected chi connectivity index (χ4v) is 8.56. The van der Waals surface area contributed by atoms with Crippen LogP contribution in [-0.2, 0) is 14.4 Å². The molecule has 0 spiro atoms. The second-order valence-electron chi connectivity index (χ2n) is 15.3. The van der Waals surface area contributed by atoms with E-state index in [1.54, 1.807) is 30.3 Å². The van der Waals surface area contributed by atoms with Crippen LogP contribution in [0, 0.1) is 24.6 Å². The summed E-state index contributed by atoms with van der Waals surface area (Å²) < 4.78 is 26.3. The molecule has 55 heavy (non-hydrogen) atoms. The molecule has 8 rings (SSSR count). The van der Waals surface area contributed by atoms with E-state index in [-0.39, 0.29) is 42.4 Å². The number of fused-ring (bicyclic) bond motifs is 3. The van der Waals surface area contributed by atoms with Crippen molar-refractivity contribution < 1.29 is 28.2 Å². The number of aromatic nitrogens is 2. The molecule has 0 unspecified atom stereocenters. The first kappa shape index (κ1) is 36.9. The molecule has 3 N–H and O–H groups in total. The maximum absolute atomic E-state index is 14.7. The van der Waals surface area contributed by atoms with Gasteiger partial charge < -0.3 is 30.3 Å². The third-order valence-corrected chi connectivity index (χ3v) is 12.2. The van der Waals surface area contributed by atoms with E-state index >= 15 is 0 Å². The standard InChI is InChI=1S/C42H47FN6O5S/c1-25-35(53-2)17-16-31-36(21-33(47-37(25)31)39-44-18-19-55-39)54-30-20-34-38(50)48-42(41(52)45-23-26-10-11-26)22-27(42)8-6-4-3-5-7-9-32(40(51)49(34)24-30)46-29-14-12-28(43)13-15-29/h6,8,12-19,21,26-27,30,32,34,46H,3-5,7,9-11,20,22-24H2,1-2H3,(H,45,52)(H,48,50)/b8-6-/t27-,30-,32+,34+,42-/m1/s1. The van der Waals surface area contributed by atoms with Crippen LogP contribution in [0.15, 0.2) is 66.2 Å². The lowest BCUT2D eigenvalue weighted by Crippen LogP contribution is -2.57. The molecule has 5 atom stereocenters. The number of carbonyl (C=O) groups is 3. The molecule has 1 saturated heterocycles. The molecule has 4 aliphatic rings. The number of methoxy groups -OCH3 is 1. The zero-order valence-corrected chi connectivity index (χ0v) is 32.0. The molecule has 4 heterocycles. The van der Waals surface area contributed by atoms with Crippen LogP contribution in [0.2, 0.25) is 0 Å². The average Bonchev–Trinajstić information content (AvgIpc) is 4.01. The van der Waals surface area contributed by atoms with Gasteiger partial charge >= 0.3 is 0 Å². The van der Waals surface area contributed by atoms with E-state index in [0.29, 0.717) is 53.7 Å². The molecule has 2 aliphatic heterocycles. The van der Waals surface area contributed by atoms with Crippen LogP contribution < -0.4 is 25.4 Å². The van der Waals surface area contributed by atoms with E-state index in [2.05, 4.69) is 33.1 Å². The Morgan fingerprint density at radius 3 is 2.69 bits per heavy atom. The second kappa shape index (κ2) is 15.6. The summed E-state index contributed by atoms with van der Waals surface area (Å²) in [6.07, 6.45) is 12.3. The Hall–Kier alpha value is -5.04. The number of aryl methyl sites for hydroxylation is 1. The highest BCUT2D eigenvalue weighted by atomic mass is 32.1. The van der Waals surface area contributed by atoms with Crippen molar-refractivity contribution in [3.63, 3.8) is 0 Å². The van der Waals surface area contributed by atoms with E-state index < -0.39 is 23.7 Å². The normalized spacial score (nSPS) is 26.2. The molecule has 0 radical (unpaired) electrons. The molecular weight excluding hydrogens is 720 g/mol. The zero-order chi connectivity index (χ0) is 38.1. The van der Waals surface area contributed by atoms with Gasteiger partial charge in [-0.1, -0.05) is 25.0 Å². The third-order valence-electron chi connectivity index (χ3n) is 11.4. The molecule has 2 aliphatic carbocycles. The maximum atomic E-state index is 14.7. The Morgan fingerprint density at radius 2 is 1.93 bits per heavy atom. The highest BCUT2D eigenvalue weighted by molar-refractivity contribution is 7.13. The molecule has 13 heteroatoms. The van der Waals surface area contributed by atoms with Crippen LogP contribution in [0.4, 0.5) is 10.1 Å². The van der Waals surface area contributed by atoms with Gasteiger partial charge in [0.25, 0.3) is 0 Å². The smallest absolute Gasteiger partial charge is 0.246 e. The molecule has 3 fully saturated rings. The Morgan fingerprint density at radius 1 is 1.09 bits per heavy atom. The van der Waals surface area contributed by atoms with Crippen molar-refractivity contribution in [3.8, 4) is 22.2 Å². The van der Waals surface area contributed by atoms with E-state index in [0.717, 1.165) is 54.5 Å². The molecule has 11 nitrogen and oxygen atoms in total. The Bertz CT molecular complexity index is 2090. The summed E-state index contributed by atoms with van der Waals surface area (Å²) >= 11 is 1.47. The van der Waals surface area contributed by atoms with E-state index in [1.807, 2.05) is 30.5 Å². The minimum Gasteiger partial charge on any atom is -0.496 e. The summed E-state index contributed by atoms with van der Waals surface area (Å²) in [6, 6.07) is 10.0. The molecule has 2 aromatic heterocycles. The van der Waals surface area contributed by atoms with Gasteiger partial charge in [0.05, 0.1) is 19.2 Å². The van der Waals surface area contributed by atoms with E-state index in [9.17, 15) is 18.8 Å². The number of anilines is 1. The number of ether oxygens (including phenoxy) is 2. The van der Waals surface area contributed by atoms with Crippen molar-refractivity contribution in [2.75, 3.05) is 25.5 Å². The number of halogens is 1. The number of nitrogens with zero attached hydrogens (tertiary/aromatic N) is 3.